The zero-order valence-electron chi connectivity index (χ0n) is 12.5. The van der Waals surface area contributed by atoms with Crippen LogP contribution in [0.15, 0.2) is 24.4 Å². The molecule has 2 N–H and O–H groups in total. The number of carbonyl (C=O) groups excluding carboxylic acids is 1. The molecule has 0 spiro atoms. The van der Waals surface area contributed by atoms with E-state index >= 15 is 0 Å². The number of hydrogen-bond acceptors (Lipinski definition) is 5. The highest BCUT2D eigenvalue weighted by molar-refractivity contribution is 7.87. The highest BCUT2D eigenvalue weighted by atomic mass is 32.2. The monoisotopic (exact) mass is 328 g/mol. The Bertz CT molecular complexity index is 598. The lowest BCUT2D eigenvalue weighted by Crippen LogP contribution is -2.52. The molecule has 9 heteroatoms. The van der Waals surface area contributed by atoms with Crippen LogP contribution < -0.4 is 10.0 Å². The van der Waals surface area contributed by atoms with Crippen LogP contribution >= 0.6 is 0 Å². The Labute approximate surface area is 130 Å². The van der Waals surface area contributed by atoms with Crippen LogP contribution in [0.4, 0.5) is 5.82 Å². The molecule has 122 valence electrons. The minimum Gasteiger partial charge on any atom is -0.373 e. The van der Waals surface area contributed by atoms with Crippen LogP contribution in [-0.4, -0.2) is 55.5 Å². The minimum absolute atomic E-state index is 0.178. The van der Waals surface area contributed by atoms with Gasteiger partial charge in [0.1, 0.15) is 5.82 Å². The van der Waals surface area contributed by atoms with Gasteiger partial charge in [0.2, 0.25) is 5.91 Å². The summed E-state index contributed by atoms with van der Waals surface area (Å²) in [6, 6.07) is 5.07. The Balaban J connectivity index is 1.88. The average molecular weight is 328 g/mol. The molecule has 0 unspecified atom stereocenters. The lowest BCUT2D eigenvalue weighted by molar-refractivity contribution is -0.115. The second kappa shape index (κ2) is 7.14. The van der Waals surface area contributed by atoms with Gasteiger partial charge in [0.15, 0.2) is 0 Å². The van der Waals surface area contributed by atoms with Crippen molar-refractivity contribution in [3.8, 4) is 0 Å². The number of amides is 1. The Morgan fingerprint density at radius 1 is 1.36 bits per heavy atom. The zero-order chi connectivity index (χ0) is 16.2. The van der Waals surface area contributed by atoms with E-state index in [9.17, 15) is 13.2 Å². The molecule has 1 aliphatic rings. The summed E-state index contributed by atoms with van der Waals surface area (Å²) >= 11 is 0. The summed E-state index contributed by atoms with van der Waals surface area (Å²) < 4.78 is 33.5. The van der Waals surface area contributed by atoms with Crippen molar-refractivity contribution in [3.63, 3.8) is 0 Å². The SMILES string of the molecule is C[C@@H]1CN(S(=O)(=O)NCC(=O)Nc2ccccn2)C[C@@H](C)O1. The third-order valence-corrected chi connectivity index (χ3v) is 4.56. The first-order valence-corrected chi connectivity index (χ1v) is 8.42. The summed E-state index contributed by atoms with van der Waals surface area (Å²) in [6.45, 7) is 3.81. The zero-order valence-corrected chi connectivity index (χ0v) is 13.3. The van der Waals surface area contributed by atoms with Crippen LogP contribution in [0.3, 0.4) is 0 Å². The molecule has 1 aromatic heterocycles. The lowest BCUT2D eigenvalue weighted by Gasteiger charge is -2.34. The van der Waals surface area contributed by atoms with Crippen LogP contribution in [0.1, 0.15) is 13.8 Å². The number of nitrogens with zero attached hydrogens (tertiary/aromatic N) is 2. The van der Waals surface area contributed by atoms with Crippen LogP contribution in [0, 0.1) is 0 Å². The first-order valence-electron chi connectivity index (χ1n) is 6.98. The lowest BCUT2D eigenvalue weighted by atomic mass is 10.3. The topological polar surface area (TPSA) is 101 Å². The molecule has 0 radical (unpaired) electrons. The van der Waals surface area contributed by atoms with Crippen molar-refractivity contribution in [1.29, 1.82) is 0 Å². The normalized spacial score (nSPS) is 23.2. The Morgan fingerprint density at radius 2 is 2.05 bits per heavy atom. The van der Waals surface area contributed by atoms with E-state index in [4.69, 9.17) is 4.74 Å². The minimum atomic E-state index is -3.71. The number of nitrogens with one attached hydrogen (secondary N) is 2. The number of pyridine rings is 1. The maximum absolute atomic E-state index is 12.2. The van der Waals surface area contributed by atoms with Gasteiger partial charge in [-0.05, 0) is 26.0 Å². The van der Waals surface area contributed by atoms with Crippen molar-refractivity contribution in [2.24, 2.45) is 0 Å². The van der Waals surface area contributed by atoms with Crippen LogP contribution in [0.25, 0.3) is 0 Å². The van der Waals surface area contributed by atoms with Gasteiger partial charge < -0.3 is 10.1 Å². The molecule has 0 aromatic carbocycles. The van der Waals surface area contributed by atoms with Crippen molar-refractivity contribution in [2.45, 2.75) is 26.1 Å². The maximum Gasteiger partial charge on any atom is 0.280 e. The number of carbonyl (C=O) groups is 1. The first-order chi connectivity index (χ1) is 10.4. The van der Waals surface area contributed by atoms with Crippen molar-refractivity contribution >= 4 is 21.9 Å². The predicted octanol–water partition coefficient (Wildman–Crippen LogP) is -0.0363. The van der Waals surface area contributed by atoms with E-state index in [2.05, 4.69) is 15.0 Å². The van der Waals surface area contributed by atoms with Crippen LogP contribution in [0.2, 0.25) is 0 Å². The van der Waals surface area contributed by atoms with Crippen molar-refractivity contribution in [3.05, 3.63) is 24.4 Å². The number of rotatable bonds is 5. The van der Waals surface area contributed by atoms with E-state index in [1.807, 2.05) is 13.8 Å². The fourth-order valence-electron chi connectivity index (χ4n) is 2.20. The van der Waals surface area contributed by atoms with Gasteiger partial charge in [-0.3, -0.25) is 4.79 Å². The predicted molar refractivity (Wildman–Crippen MR) is 81.4 cm³/mol. The third kappa shape index (κ3) is 4.73. The van der Waals surface area contributed by atoms with E-state index in [-0.39, 0.29) is 31.8 Å². The van der Waals surface area contributed by atoms with Gasteiger partial charge in [-0.15, -0.1) is 0 Å². The smallest absolute Gasteiger partial charge is 0.280 e. The summed E-state index contributed by atoms with van der Waals surface area (Å²) in [5.41, 5.74) is 0. The molecule has 1 saturated heterocycles. The maximum atomic E-state index is 12.2. The van der Waals surface area contributed by atoms with Gasteiger partial charge in [-0.25, -0.2) is 4.98 Å². The van der Waals surface area contributed by atoms with Crippen LogP contribution in [-0.2, 0) is 19.7 Å². The molecule has 22 heavy (non-hydrogen) atoms. The molecule has 1 aliphatic heterocycles. The molecule has 8 nitrogen and oxygen atoms in total. The summed E-state index contributed by atoms with van der Waals surface area (Å²) in [4.78, 5) is 15.7. The van der Waals surface area contributed by atoms with E-state index < -0.39 is 16.1 Å². The van der Waals surface area contributed by atoms with Gasteiger partial charge >= 0.3 is 0 Å². The van der Waals surface area contributed by atoms with E-state index in [1.165, 1.54) is 10.5 Å². The number of ether oxygens (including phenoxy) is 1. The molecule has 2 rings (SSSR count). The van der Waals surface area contributed by atoms with Crippen molar-refractivity contribution < 1.29 is 17.9 Å². The summed E-state index contributed by atoms with van der Waals surface area (Å²) in [5.74, 6) is -0.100. The largest absolute Gasteiger partial charge is 0.373 e. The molecule has 1 aromatic rings. The Hall–Kier alpha value is -1.55. The number of hydrogen-bond donors (Lipinski definition) is 2. The highest BCUT2D eigenvalue weighted by Gasteiger charge is 2.31. The summed E-state index contributed by atoms with van der Waals surface area (Å²) in [7, 11) is -3.71. The van der Waals surface area contributed by atoms with E-state index in [1.54, 1.807) is 18.2 Å². The van der Waals surface area contributed by atoms with Crippen LogP contribution in [0.5, 0.6) is 0 Å². The highest BCUT2D eigenvalue weighted by Crippen LogP contribution is 2.13. The quantitative estimate of drug-likeness (QED) is 0.790. The van der Waals surface area contributed by atoms with Gasteiger partial charge in [-0.2, -0.15) is 17.4 Å². The molecular formula is C13H20N4O4S. The molecule has 1 fully saturated rings. The number of anilines is 1. The molecule has 1 amide bonds. The summed E-state index contributed by atoms with van der Waals surface area (Å²) in [5, 5.41) is 2.51. The molecule has 0 bridgehead atoms. The van der Waals surface area contributed by atoms with Gasteiger partial charge in [0, 0.05) is 19.3 Å². The first kappa shape index (κ1) is 16.8. The fourth-order valence-corrected chi connectivity index (χ4v) is 3.51. The second-order valence-electron chi connectivity index (χ2n) is 5.16. The average Bonchev–Trinajstić information content (AvgIpc) is 2.45. The van der Waals surface area contributed by atoms with Gasteiger partial charge in [-0.1, -0.05) is 6.07 Å². The van der Waals surface area contributed by atoms with Gasteiger partial charge in [0.25, 0.3) is 10.2 Å². The molecular weight excluding hydrogens is 308 g/mol. The van der Waals surface area contributed by atoms with Crippen molar-refractivity contribution in [1.82, 2.24) is 14.0 Å². The second-order valence-corrected chi connectivity index (χ2v) is 6.92. The molecule has 2 heterocycles. The summed E-state index contributed by atoms with van der Waals surface area (Å²) in [6.07, 6.45) is 1.18. The standard InChI is InChI=1S/C13H20N4O4S/c1-10-8-17(9-11(2)21-10)22(19,20)15-7-13(18)16-12-5-3-4-6-14-12/h3-6,10-11,15H,7-9H2,1-2H3,(H,14,16,18)/t10-,11-/m1/s1. The van der Waals surface area contributed by atoms with Crippen molar-refractivity contribution in [2.75, 3.05) is 25.0 Å². The molecule has 0 aliphatic carbocycles. The Kier molecular flexibility index (Phi) is 5.46. The van der Waals surface area contributed by atoms with Gasteiger partial charge in [0.05, 0.1) is 18.8 Å². The van der Waals surface area contributed by atoms with E-state index in [0.717, 1.165) is 0 Å². The number of morpholine rings is 1. The number of aromatic nitrogens is 1. The van der Waals surface area contributed by atoms with E-state index in [0.29, 0.717) is 5.82 Å². The molecule has 2 atom stereocenters. The fraction of sp³-hybridized carbons (Fsp3) is 0.538. The molecule has 0 saturated carbocycles. The third-order valence-electron chi connectivity index (χ3n) is 3.07. The Morgan fingerprint density at radius 3 is 2.64 bits per heavy atom.